The summed E-state index contributed by atoms with van der Waals surface area (Å²) in [4.78, 5) is 27.4. The number of benzene rings is 1. The number of rotatable bonds is 5. The lowest BCUT2D eigenvalue weighted by molar-refractivity contribution is -0.126. The summed E-state index contributed by atoms with van der Waals surface area (Å²) in [6.07, 6.45) is 11.1. The van der Waals surface area contributed by atoms with Crippen LogP contribution in [0.2, 0.25) is 0 Å². The van der Waals surface area contributed by atoms with Crippen molar-refractivity contribution in [2.45, 2.75) is 82.6 Å². The summed E-state index contributed by atoms with van der Waals surface area (Å²) < 4.78 is 1.18. The van der Waals surface area contributed by atoms with Crippen molar-refractivity contribution in [3.63, 3.8) is 0 Å². The summed E-state index contributed by atoms with van der Waals surface area (Å²) in [5.74, 6) is 3.84. The molecule has 5 fully saturated rings. The van der Waals surface area contributed by atoms with Crippen LogP contribution in [-0.2, 0) is 15.0 Å². The highest BCUT2D eigenvalue weighted by Crippen LogP contribution is 2.58. The molecule has 1 saturated heterocycles. The number of carbonyl (C=O) groups excluding carboxylic acids is 2. The third-order valence-corrected chi connectivity index (χ3v) is 11.1. The van der Waals surface area contributed by atoms with Crippen LogP contribution in [0, 0.1) is 29.1 Å². The van der Waals surface area contributed by atoms with Gasteiger partial charge in [-0.2, -0.15) is 0 Å². The molecule has 1 aromatic rings. The zero-order chi connectivity index (χ0) is 23.7. The van der Waals surface area contributed by atoms with E-state index < -0.39 is 0 Å². The van der Waals surface area contributed by atoms with Crippen LogP contribution in [0.3, 0.4) is 0 Å². The van der Waals surface area contributed by atoms with Gasteiger partial charge in [0.05, 0.1) is 6.54 Å². The summed E-state index contributed by atoms with van der Waals surface area (Å²) in [5.41, 5.74) is 2.51. The van der Waals surface area contributed by atoms with E-state index in [0.717, 1.165) is 62.3 Å². The Morgan fingerprint density at radius 1 is 1.12 bits per heavy atom. The van der Waals surface area contributed by atoms with Crippen LogP contribution in [0.5, 0.6) is 0 Å². The molecule has 34 heavy (non-hydrogen) atoms. The molecule has 1 heterocycles. The lowest BCUT2D eigenvalue weighted by atomic mass is 9.54. The Balaban J connectivity index is 1.11. The number of hydrogen-bond acceptors (Lipinski definition) is 3. The molecule has 4 saturated carbocycles. The summed E-state index contributed by atoms with van der Waals surface area (Å²) in [6.45, 7) is 6.59. The van der Waals surface area contributed by atoms with Crippen molar-refractivity contribution >= 4 is 28.1 Å². The Morgan fingerprint density at radius 3 is 2.38 bits per heavy atom. The van der Waals surface area contributed by atoms with E-state index in [-0.39, 0.29) is 22.7 Å². The maximum atomic E-state index is 13.1. The Morgan fingerprint density at radius 2 is 1.76 bits per heavy atom. The molecule has 1 aromatic carbocycles. The van der Waals surface area contributed by atoms with Crippen LogP contribution < -0.4 is 5.32 Å². The molecule has 4 bridgehead atoms. The highest BCUT2D eigenvalue weighted by Gasteiger charge is 2.51. The van der Waals surface area contributed by atoms with Gasteiger partial charge < -0.3 is 10.1 Å². The predicted octanol–water partition coefficient (Wildman–Crippen LogP) is 5.44. The fourth-order valence-electron chi connectivity index (χ4n) is 8.93. The minimum atomic E-state index is -0.366. The molecule has 1 N–H and O–H groups in total. The van der Waals surface area contributed by atoms with Gasteiger partial charge in [-0.05, 0) is 117 Å². The van der Waals surface area contributed by atoms with Crippen LogP contribution >= 0.6 is 15.9 Å². The lowest BCUT2D eigenvalue weighted by Crippen LogP contribution is -2.57. The molecule has 1 spiro atoms. The van der Waals surface area contributed by atoms with Gasteiger partial charge in [0.2, 0.25) is 5.91 Å². The van der Waals surface area contributed by atoms with Gasteiger partial charge >= 0.3 is 0 Å². The van der Waals surface area contributed by atoms with E-state index in [1.807, 2.05) is 0 Å². The highest BCUT2D eigenvalue weighted by atomic mass is 79.9. The number of aldehydes is 1. The number of fused-ring (bicyclic) bond motifs is 2. The molecule has 6 aliphatic rings. The van der Waals surface area contributed by atoms with Crippen molar-refractivity contribution in [2.24, 2.45) is 29.1 Å². The first kappa shape index (κ1) is 23.2. The van der Waals surface area contributed by atoms with Crippen molar-refractivity contribution in [2.75, 3.05) is 19.6 Å². The molecule has 5 heteroatoms. The van der Waals surface area contributed by atoms with Crippen LogP contribution in [0.4, 0.5) is 0 Å². The predicted molar refractivity (Wildman–Crippen MR) is 138 cm³/mol. The number of nitrogens with one attached hydrogen (secondary N) is 1. The van der Waals surface area contributed by atoms with Gasteiger partial charge in [0.1, 0.15) is 6.29 Å². The molecular weight excluding hydrogens is 488 g/mol. The zero-order valence-corrected chi connectivity index (χ0v) is 22.3. The van der Waals surface area contributed by atoms with Crippen LogP contribution in [0.25, 0.3) is 0 Å². The normalized spacial score (nSPS) is 36.0. The van der Waals surface area contributed by atoms with Gasteiger partial charge in [-0.3, -0.25) is 9.69 Å². The SMILES string of the molecule is CC(C)(C=O)C1CC2(CCN(CC(=O)NC3C4CC5CC(C4)CC3C5)CC2)c2c(Br)cccc21. The first-order valence-corrected chi connectivity index (χ1v) is 14.3. The molecular formula is C29H39BrN2O2. The summed E-state index contributed by atoms with van der Waals surface area (Å²) >= 11 is 3.85. The van der Waals surface area contributed by atoms with Gasteiger partial charge in [0.15, 0.2) is 0 Å². The van der Waals surface area contributed by atoms with E-state index in [9.17, 15) is 9.59 Å². The van der Waals surface area contributed by atoms with E-state index >= 15 is 0 Å². The van der Waals surface area contributed by atoms with Crippen molar-refractivity contribution in [1.29, 1.82) is 0 Å². The Labute approximate surface area is 212 Å². The number of carbonyl (C=O) groups is 2. The number of nitrogens with zero attached hydrogens (tertiary/aromatic N) is 1. The molecule has 0 radical (unpaired) electrons. The average Bonchev–Trinajstić information content (AvgIpc) is 3.13. The second-order valence-corrected chi connectivity index (χ2v) is 13.8. The van der Waals surface area contributed by atoms with Gasteiger partial charge in [0, 0.05) is 15.9 Å². The maximum absolute atomic E-state index is 13.1. The number of likely N-dealkylation sites (tertiary alicyclic amines) is 1. The lowest BCUT2D eigenvalue weighted by Gasteiger charge is -2.54. The van der Waals surface area contributed by atoms with Gasteiger partial charge in [-0.15, -0.1) is 0 Å². The summed E-state index contributed by atoms with van der Waals surface area (Å²) in [5, 5.41) is 3.50. The number of amides is 1. The van der Waals surface area contributed by atoms with Gasteiger partial charge in [-0.25, -0.2) is 0 Å². The first-order chi connectivity index (χ1) is 16.3. The smallest absolute Gasteiger partial charge is 0.234 e. The maximum Gasteiger partial charge on any atom is 0.234 e. The Bertz CT molecular complexity index is 952. The van der Waals surface area contributed by atoms with E-state index in [0.29, 0.717) is 12.6 Å². The van der Waals surface area contributed by atoms with E-state index in [2.05, 4.69) is 58.2 Å². The van der Waals surface area contributed by atoms with Crippen molar-refractivity contribution in [3.05, 3.63) is 33.8 Å². The number of piperidine rings is 1. The van der Waals surface area contributed by atoms with E-state index in [4.69, 9.17) is 0 Å². The number of hydrogen-bond donors (Lipinski definition) is 1. The highest BCUT2D eigenvalue weighted by molar-refractivity contribution is 9.10. The first-order valence-electron chi connectivity index (χ1n) is 13.5. The minimum Gasteiger partial charge on any atom is -0.352 e. The fraction of sp³-hybridized carbons (Fsp3) is 0.724. The molecule has 5 aliphatic carbocycles. The average molecular weight is 528 g/mol. The molecule has 0 aromatic heterocycles. The van der Waals surface area contributed by atoms with Crippen LogP contribution in [0.15, 0.2) is 22.7 Å². The van der Waals surface area contributed by atoms with Crippen molar-refractivity contribution in [3.8, 4) is 0 Å². The molecule has 1 aliphatic heterocycles. The molecule has 1 atom stereocenters. The molecule has 184 valence electrons. The molecule has 4 nitrogen and oxygen atoms in total. The van der Waals surface area contributed by atoms with Gasteiger partial charge in [0.25, 0.3) is 0 Å². The van der Waals surface area contributed by atoms with Gasteiger partial charge in [-0.1, -0.05) is 41.9 Å². The second-order valence-electron chi connectivity index (χ2n) is 13.0. The third kappa shape index (κ3) is 3.80. The van der Waals surface area contributed by atoms with E-state index in [1.165, 1.54) is 47.7 Å². The monoisotopic (exact) mass is 526 g/mol. The standard InChI is InChI=1S/C29H39BrN2O2/c1-28(2,17-33)23-15-29(26-22(23)4-3-5-24(26)30)6-8-32(9-7-29)16-25(34)31-27-20-11-18-10-19(13-20)14-21(27)12-18/h3-5,17-21,23,27H,6-16H2,1-2H3,(H,31,34). The fourth-order valence-corrected chi connectivity index (χ4v) is 9.73. The number of halogens is 1. The van der Waals surface area contributed by atoms with Crippen molar-refractivity contribution in [1.82, 2.24) is 10.2 Å². The zero-order valence-electron chi connectivity index (χ0n) is 20.7. The van der Waals surface area contributed by atoms with Crippen LogP contribution in [-0.4, -0.2) is 42.8 Å². The minimum absolute atomic E-state index is 0.106. The quantitative estimate of drug-likeness (QED) is 0.520. The van der Waals surface area contributed by atoms with Crippen molar-refractivity contribution < 1.29 is 9.59 Å². The molecule has 1 amide bonds. The largest absolute Gasteiger partial charge is 0.352 e. The molecule has 1 unspecified atom stereocenters. The second kappa shape index (κ2) is 8.44. The summed E-state index contributed by atoms with van der Waals surface area (Å²) in [7, 11) is 0. The topological polar surface area (TPSA) is 49.4 Å². The summed E-state index contributed by atoms with van der Waals surface area (Å²) in [6, 6.07) is 6.93. The Kier molecular flexibility index (Phi) is 5.76. The Hall–Kier alpha value is -1.20. The molecule has 7 rings (SSSR count). The third-order valence-electron chi connectivity index (χ3n) is 10.5. The van der Waals surface area contributed by atoms with Crippen LogP contribution in [0.1, 0.15) is 82.3 Å². The van der Waals surface area contributed by atoms with E-state index in [1.54, 1.807) is 0 Å².